The van der Waals surface area contributed by atoms with Gasteiger partial charge in [-0.1, -0.05) is 71.9 Å². The Morgan fingerprint density at radius 1 is 0.734 bits per heavy atom. The molecule has 1 aromatic carbocycles. The number of likely N-dealkylation sites (N-methyl/N-ethyl adjacent to an activating group) is 1. The first-order chi connectivity index (χ1) is 30.1. The van der Waals surface area contributed by atoms with Crippen LogP contribution in [0.3, 0.4) is 0 Å². The molecule has 0 aromatic heterocycles. The van der Waals surface area contributed by atoms with Gasteiger partial charge < -0.3 is 40.1 Å². The summed E-state index contributed by atoms with van der Waals surface area (Å²) in [4.78, 5) is 118. The highest BCUT2D eigenvalue weighted by Gasteiger charge is 2.47. The molecule has 3 aliphatic heterocycles. The number of carbonyl (C=O) groups is 8. The Hall–Kier alpha value is -5.46. The SMILES string of the molecule is C#CCCC[C@@H]1OC(=O)[C@H](Cc2ccccc2)NC(=O)[C@H](C(C)C)NC(=O)[C@@H]2CCCN2C(=O)[C@@H]2CCCN2C(=O)[C@H](C)OC(=O)[C@@H](C(C)C)N(C)C(=O)[C@H](C(C)C)NC(=O)C1(C)C. The number of nitrogens with one attached hydrogen (secondary N) is 3. The second kappa shape index (κ2) is 22.4. The maximum atomic E-state index is 14.4. The van der Waals surface area contributed by atoms with E-state index in [4.69, 9.17) is 15.9 Å². The van der Waals surface area contributed by atoms with E-state index < -0.39 is 119 Å². The van der Waals surface area contributed by atoms with Crippen LogP contribution in [0.15, 0.2) is 30.3 Å². The minimum atomic E-state index is -1.46. The molecule has 1 aromatic rings. The van der Waals surface area contributed by atoms with Crippen LogP contribution in [0, 0.1) is 35.5 Å². The Balaban J connectivity index is 1.81. The fraction of sp³-hybridized carbons (Fsp3) is 0.667. The average molecular weight is 891 g/mol. The molecule has 4 rings (SSSR count). The van der Waals surface area contributed by atoms with Gasteiger partial charge in [-0.25, -0.2) is 9.59 Å². The van der Waals surface area contributed by atoms with Gasteiger partial charge in [-0.05, 0) is 82.6 Å². The summed E-state index contributed by atoms with van der Waals surface area (Å²) in [6.45, 7) is 15.6. The zero-order valence-corrected chi connectivity index (χ0v) is 39.3. The van der Waals surface area contributed by atoms with Crippen LogP contribution in [0.5, 0.6) is 0 Å². The van der Waals surface area contributed by atoms with Crippen molar-refractivity contribution in [3.63, 3.8) is 0 Å². The lowest BCUT2D eigenvalue weighted by molar-refractivity contribution is -0.168. The molecule has 16 heteroatoms. The number of amides is 6. The fourth-order valence-electron chi connectivity index (χ4n) is 8.80. The van der Waals surface area contributed by atoms with Gasteiger partial charge in [0, 0.05) is 33.0 Å². The highest BCUT2D eigenvalue weighted by Crippen LogP contribution is 2.31. The molecule has 64 heavy (non-hydrogen) atoms. The molecular weight excluding hydrogens is 821 g/mol. The van der Waals surface area contributed by atoms with E-state index in [2.05, 4.69) is 21.9 Å². The molecule has 0 spiro atoms. The monoisotopic (exact) mass is 891 g/mol. The molecule has 3 N–H and O–H groups in total. The lowest BCUT2D eigenvalue weighted by Crippen LogP contribution is -2.59. The number of terminal acetylenes is 1. The van der Waals surface area contributed by atoms with Crippen LogP contribution in [-0.2, 0) is 54.3 Å². The van der Waals surface area contributed by atoms with Crippen molar-refractivity contribution in [2.45, 2.75) is 162 Å². The molecule has 3 fully saturated rings. The zero-order chi connectivity index (χ0) is 47.6. The summed E-state index contributed by atoms with van der Waals surface area (Å²) in [5.74, 6) is -3.89. The maximum Gasteiger partial charge on any atom is 0.329 e. The maximum absolute atomic E-state index is 14.4. The van der Waals surface area contributed by atoms with Crippen molar-refractivity contribution in [3.8, 4) is 12.3 Å². The molecule has 3 saturated heterocycles. The van der Waals surface area contributed by atoms with Gasteiger partial charge in [0.25, 0.3) is 5.91 Å². The van der Waals surface area contributed by atoms with E-state index in [1.807, 2.05) is 6.07 Å². The van der Waals surface area contributed by atoms with Crippen molar-refractivity contribution < 1.29 is 47.8 Å². The third-order valence-electron chi connectivity index (χ3n) is 12.7. The van der Waals surface area contributed by atoms with E-state index in [-0.39, 0.29) is 25.9 Å². The van der Waals surface area contributed by atoms with Crippen LogP contribution in [0.1, 0.15) is 113 Å². The largest absolute Gasteiger partial charge is 0.460 e. The van der Waals surface area contributed by atoms with Gasteiger partial charge in [0.2, 0.25) is 29.5 Å². The minimum absolute atomic E-state index is 0.0176. The van der Waals surface area contributed by atoms with E-state index in [9.17, 15) is 38.4 Å². The van der Waals surface area contributed by atoms with Crippen LogP contribution in [-0.4, -0.2) is 131 Å². The molecule has 0 bridgehead atoms. The molecule has 16 nitrogen and oxygen atoms in total. The molecule has 8 atom stereocenters. The summed E-state index contributed by atoms with van der Waals surface area (Å²) < 4.78 is 12.0. The number of cyclic esters (lactones) is 2. The van der Waals surface area contributed by atoms with Gasteiger partial charge in [-0.2, -0.15) is 0 Å². The predicted octanol–water partition coefficient (Wildman–Crippen LogP) is 3.15. The third kappa shape index (κ3) is 12.2. The van der Waals surface area contributed by atoms with Crippen molar-refractivity contribution >= 4 is 47.4 Å². The van der Waals surface area contributed by atoms with E-state index in [1.54, 1.807) is 79.7 Å². The standard InChI is InChI=1S/C48H70N6O10/c1-12-13-15-24-36-48(9,10)47(62)51-38(29(4)5)44(59)52(11)39(30(6)7)46(61)63-31(8)42(57)54-26-19-23-35(54)43(58)53-25-18-22-34(53)40(55)50-37(28(2)3)41(56)49-33(45(60)64-36)27-32-20-16-14-17-21-32/h1,14,16-17,20-21,28-31,33-39H,13,15,18-19,22-27H2,2-11H3,(H,49,56)(H,50,55)(H,51,62)/t31-,33-,34-,35-,36-,37-,38-,39+/m0/s1. The van der Waals surface area contributed by atoms with Crippen molar-refractivity contribution in [1.29, 1.82) is 0 Å². The van der Waals surface area contributed by atoms with Crippen LogP contribution < -0.4 is 16.0 Å². The number of fused-ring (bicyclic) bond motifs is 2. The summed E-state index contributed by atoms with van der Waals surface area (Å²) >= 11 is 0. The first kappa shape index (κ1) is 51.2. The van der Waals surface area contributed by atoms with E-state index >= 15 is 0 Å². The Kier molecular flexibility index (Phi) is 17.9. The highest BCUT2D eigenvalue weighted by atomic mass is 16.6. The number of hydrogen-bond donors (Lipinski definition) is 3. The number of hydrogen-bond acceptors (Lipinski definition) is 10. The van der Waals surface area contributed by atoms with Crippen molar-refractivity contribution in [3.05, 3.63) is 35.9 Å². The Morgan fingerprint density at radius 3 is 1.91 bits per heavy atom. The third-order valence-corrected chi connectivity index (χ3v) is 12.7. The van der Waals surface area contributed by atoms with Gasteiger partial charge in [-0.15, -0.1) is 12.3 Å². The number of benzene rings is 1. The number of nitrogens with zero attached hydrogens (tertiary/aromatic N) is 3. The van der Waals surface area contributed by atoms with Crippen LogP contribution in [0.2, 0.25) is 0 Å². The molecule has 352 valence electrons. The second-order valence-electron chi connectivity index (χ2n) is 19.0. The number of unbranched alkanes of at least 4 members (excludes halogenated alkanes) is 1. The van der Waals surface area contributed by atoms with E-state index in [0.29, 0.717) is 44.1 Å². The van der Waals surface area contributed by atoms with Gasteiger partial charge in [0.05, 0.1) is 5.41 Å². The smallest absolute Gasteiger partial charge is 0.329 e. The first-order valence-corrected chi connectivity index (χ1v) is 22.8. The Labute approximate surface area is 378 Å². The first-order valence-electron chi connectivity index (χ1n) is 22.8. The zero-order valence-electron chi connectivity index (χ0n) is 39.3. The molecule has 0 radical (unpaired) electrons. The second-order valence-corrected chi connectivity index (χ2v) is 19.0. The fourth-order valence-corrected chi connectivity index (χ4v) is 8.80. The van der Waals surface area contributed by atoms with E-state index in [0.717, 1.165) is 0 Å². The Morgan fingerprint density at radius 2 is 1.33 bits per heavy atom. The molecular formula is C48H70N6O10. The number of rotatable bonds is 8. The number of ether oxygens (including phenoxy) is 2. The topological polar surface area (TPSA) is 201 Å². The quantitative estimate of drug-likeness (QED) is 0.198. The summed E-state index contributed by atoms with van der Waals surface area (Å²) in [7, 11) is 1.44. The van der Waals surface area contributed by atoms with Crippen molar-refractivity contribution in [1.82, 2.24) is 30.7 Å². The van der Waals surface area contributed by atoms with Gasteiger partial charge in [0.1, 0.15) is 42.4 Å². The molecule has 0 unspecified atom stereocenters. The highest BCUT2D eigenvalue weighted by molar-refractivity contribution is 5.97. The van der Waals surface area contributed by atoms with Crippen LogP contribution >= 0.6 is 0 Å². The molecule has 0 aliphatic carbocycles. The summed E-state index contributed by atoms with van der Waals surface area (Å²) in [5.41, 5.74) is -0.748. The van der Waals surface area contributed by atoms with Crippen molar-refractivity contribution in [2.75, 3.05) is 20.1 Å². The van der Waals surface area contributed by atoms with Crippen molar-refractivity contribution in [2.24, 2.45) is 23.2 Å². The van der Waals surface area contributed by atoms with Crippen LogP contribution in [0.4, 0.5) is 0 Å². The summed E-state index contributed by atoms with van der Waals surface area (Å²) in [6.07, 6.45) is 5.76. The molecule has 0 saturated carbocycles. The van der Waals surface area contributed by atoms with Gasteiger partial charge >= 0.3 is 11.9 Å². The lowest BCUT2D eigenvalue weighted by atomic mass is 9.82. The Bertz CT molecular complexity index is 1910. The molecule has 3 heterocycles. The summed E-state index contributed by atoms with van der Waals surface area (Å²) in [6, 6.07) is 2.47. The van der Waals surface area contributed by atoms with Crippen LogP contribution in [0.25, 0.3) is 0 Å². The minimum Gasteiger partial charge on any atom is -0.460 e. The lowest BCUT2D eigenvalue weighted by Gasteiger charge is -2.37. The number of carbonyl (C=O) groups excluding carboxylic acids is 8. The summed E-state index contributed by atoms with van der Waals surface area (Å²) in [5, 5.41) is 8.56. The normalized spacial score (nSPS) is 28.4. The van der Waals surface area contributed by atoms with Gasteiger partial charge in [0.15, 0.2) is 6.10 Å². The molecule has 6 amide bonds. The molecule has 3 aliphatic rings. The predicted molar refractivity (Wildman–Crippen MR) is 238 cm³/mol. The number of esters is 2. The van der Waals surface area contributed by atoms with E-state index in [1.165, 1.54) is 28.7 Å². The average Bonchev–Trinajstić information content (AvgIpc) is 3.94. The van der Waals surface area contributed by atoms with Gasteiger partial charge in [-0.3, -0.25) is 28.8 Å².